The minimum Gasteiger partial charge on any atom is -0.484 e. The molecule has 2 amide bonds. The monoisotopic (exact) mass is 390 g/mol. The van der Waals surface area contributed by atoms with Gasteiger partial charge in [-0.3, -0.25) is 9.59 Å². The summed E-state index contributed by atoms with van der Waals surface area (Å²) < 4.78 is 5.42. The molecule has 142 valence electrons. The predicted molar refractivity (Wildman–Crippen MR) is 102 cm³/mol. The van der Waals surface area contributed by atoms with E-state index in [4.69, 9.17) is 21.4 Å². The highest BCUT2D eigenvalue weighted by Gasteiger charge is 2.11. The Morgan fingerprint density at radius 1 is 1.11 bits per heavy atom. The zero-order valence-electron chi connectivity index (χ0n) is 14.8. The Bertz CT molecular complexity index is 867. The summed E-state index contributed by atoms with van der Waals surface area (Å²) in [5, 5.41) is 14.5. The van der Waals surface area contributed by atoms with E-state index in [0.29, 0.717) is 11.4 Å². The molecule has 27 heavy (non-hydrogen) atoms. The Morgan fingerprint density at radius 3 is 2.52 bits per heavy atom. The maximum atomic E-state index is 12.1. The fourth-order valence-corrected chi connectivity index (χ4v) is 2.20. The van der Waals surface area contributed by atoms with E-state index in [1.165, 1.54) is 18.2 Å². The number of carboxylic acids is 1. The molecule has 0 aliphatic carbocycles. The predicted octanol–water partition coefficient (Wildman–Crippen LogP) is 3.65. The van der Waals surface area contributed by atoms with Crippen molar-refractivity contribution in [1.82, 2.24) is 0 Å². The van der Waals surface area contributed by atoms with Crippen LogP contribution >= 0.6 is 11.6 Å². The van der Waals surface area contributed by atoms with Crippen molar-refractivity contribution in [3.05, 3.63) is 53.1 Å². The van der Waals surface area contributed by atoms with E-state index >= 15 is 0 Å². The summed E-state index contributed by atoms with van der Waals surface area (Å²) >= 11 is 5.97. The molecule has 0 saturated heterocycles. The number of nitrogens with one attached hydrogen (secondary N) is 2. The summed E-state index contributed by atoms with van der Waals surface area (Å²) in [6.45, 7) is 3.25. The Hall–Kier alpha value is -3.06. The molecule has 0 aromatic heterocycles. The lowest BCUT2D eigenvalue weighted by molar-refractivity contribution is -0.119. The maximum absolute atomic E-state index is 12.1. The van der Waals surface area contributed by atoms with Gasteiger partial charge in [0.25, 0.3) is 5.91 Å². The van der Waals surface area contributed by atoms with E-state index in [1.54, 1.807) is 38.1 Å². The normalized spacial score (nSPS) is 10.4. The van der Waals surface area contributed by atoms with Crippen LogP contribution in [0.2, 0.25) is 5.02 Å². The topological polar surface area (TPSA) is 105 Å². The van der Waals surface area contributed by atoms with Gasteiger partial charge in [-0.2, -0.15) is 0 Å². The van der Waals surface area contributed by atoms with Gasteiger partial charge in [0.05, 0.1) is 16.3 Å². The van der Waals surface area contributed by atoms with Gasteiger partial charge in [-0.05, 0) is 30.3 Å². The number of hydrogen-bond acceptors (Lipinski definition) is 4. The fourth-order valence-electron chi connectivity index (χ4n) is 2.04. The molecular weight excluding hydrogens is 372 g/mol. The average molecular weight is 391 g/mol. The van der Waals surface area contributed by atoms with Crippen molar-refractivity contribution < 1.29 is 24.2 Å². The molecule has 8 heteroatoms. The molecule has 0 atom stereocenters. The van der Waals surface area contributed by atoms with Crippen molar-refractivity contribution in [1.29, 1.82) is 0 Å². The van der Waals surface area contributed by atoms with Gasteiger partial charge in [-0.15, -0.1) is 0 Å². The number of anilines is 2. The van der Waals surface area contributed by atoms with Crippen LogP contribution in [0.1, 0.15) is 24.2 Å². The van der Waals surface area contributed by atoms with Gasteiger partial charge >= 0.3 is 5.97 Å². The average Bonchev–Trinajstić information content (AvgIpc) is 2.62. The summed E-state index contributed by atoms with van der Waals surface area (Å²) in [6, 6.07) is 10.7. The fraction of sp³-hybridized carbons (Fsp3) is 0.211. The third-order valence-corrected chi connectivity index (χ3v) is 3.81. The Morgan fingerprint density at radius 2 is 1.85 bits per heavy atom. The summed E-state index contributed by atoms with van der Waals surface area (Å²) in [4.78, 5) is 34.8. The van der Waals surface area contributed by atoms with E-state index in [2.05, 4.69) is 10.6 Å². The summed E-state index contributed by atoms with van der Waals surface area (Å²) in [5.74, 6) is -1.52. The van der Waals surface area contributed by atoms with Crippen molar-refractivity contribution in [3.8, 4) is 5.75 Å². The Labute approximate surface area is 161 Å². The lowest BCUT2D eigenvalue weighted by Gasteiger charge is -2.11. The Balaban J connectivity index is 1.97. The SMILES string of the molecule is CC(C)C(=O)Nc1cccc(OCC(=O)Nc2cc(C(=O)O)ccc2Cl)c1. The van der Waals surface area contributed by atoms with Crippen molar-refractivity contribution in [2.75, 3.05) is 17.2 Å². The minimum absolute atomic E-state index is 0.00390. The number of carbonyl (C=O) groups is 3. The molecule has 2 rings (SSSR count). The molecule has 0 saturated carbocycles. The molecule has 0 spiro atoms. The van der Waals surface area contributed by atoms with Gasteiger partial charge < -0.3 is 20.5 Å². The number of carboxylic acid groups (broad SMARTS) is 1. The highest BCUT2D eigenvalue weighted by Crippen LogP contribution is 2.23. The van der Waals surface area contributed by atoms with E-state index in [0.717, 1.165) is 0 Å². The van der Waals surface area contributed by atoms with Crippen LogP contribution in [-0.2, 0) is 9.59 Å². The molecular formula is C19H19ClN2O5. The van der Waals surface area contributed by atoms with Crippen molar-refractivity contribution in [3.63, 3.8) is 0 Å². The number of rotatable bonds is 7. The van der Waals surface area contributed by atoms with Crippen LogP contribution in [0.4, 0.5) is 11.4 Å². The largest absolute Gasteiger partial charge is 0.484 e. The second kappa shape index (κ2) is 9.05. The molecule has 0 aliphatic heterocycles. The third-order valence-electron chi connectivity index (χ3n) is 3.48. The summed E-state index contributed by atoms with van der Waals surface area (Å²) in [5.41, 5.74) is 0.746. The van der Waals surface area contributed by atoms with Crippen molar-refractivity contribution in [2.45, 2.75) is 13.8 Å². The quantitative estimate of drug-likeness (QED) is 0.669. The van der Waals surface area contributed by atoms with E-state index < -0.39 is 11.9 Å². The molecule has 2 aromatic carbocycles. The number of aromatic carboxylic acids is 1. The van der Waals surface area contributed by atoms with Crippen LogP contribution in [0.25, 0.3) is 0 Å². The first-order chi connectivity index (χ1) is 12.8. The number of carbonyl (C=O) groups excluding carboxylic acids is 2. The van der Waals surface area contributed by atoms with Gasteiger partial charge in [-0.25, -0.2) is 4.79 Å². The number of hydrogen-bond donors (Lipinski definition) is 3. The molecule has 0 radical (unpaired) electrons. The molecule has 0 aliphatic rings. The van der Waals surface area contributed by atoms with Gasteiger partial charge in [0.2, 0.25) is 5.91 Å². The molecule has 0 heterocycles. The van der Waals surface area contributed by atoms with Crippen LogP contribution in [0.5, 0.6) is 5.75 Å². The van der Waals surface area contributed by atoms with Crippen LogP contribution in [0.15, 0.2) is 42.5 Å². The highest BCUT2D eigenvalue weighted by atomic mass is 35.5. The molecule has 3 N–H and O–H groups in total. The highest BCUT2D eigenvalue weighted by molar-refractivity contribution is 6.33. The van der Waals surface area contributed by atoms with Crippen LogP contribution in [0, 0.1) is 5.92 Å². The Kier molecular flexibility index (Phi) is 6.79. The second-order valence-electron chi connectivity index (χ2n) is 6.01. The zero-order valence-corrected chi connectivity index (χ0v) is 15.5. The van der Waals surface area contributed by atoms with Crippen molar-refractivity contribution >= 4 is 40.8 Å². The first kappa shape index (κ1) is 20.3. The summed E-state index contributed by atoms with van der Waals surface area (Å²) in [6.07, 6.45) is 0. The molecule has 2 aromatic rings. The van der Waals surface area contributed by atoms with E-state index in [9.17, 15) is 14.4 Å². The molecule has 0 fully saturated rings. The van der Waals surface area contributed by atoms with E-state index in [-0.39, 0.29) is 34.7 Å². The summed E-state index contributed by atoms with van der Waals surface area (Å²) in [7, 11) is 0. The molecule has 7 nitrogen and oxygen atoms in total. The van der Waals surface area contributed by atoms with Gasteiger partial charge in [0.1, 0.15) is 5.75 Å². The van der Waals surface area contributed by atoms with Crippen LogP contribution < -0.4 is 15.4 Å². The second-order valence-corrected chi connectivity index (χ2v) is 6.42. The smallest absolute Gasteiger partial charge is 0.335 e. The zero-order chi connectivity index (χ0) is 20.0. The lowest BCUT2D eigenvalue weighted by atomic mass is 10.2. The first-order valence-electron chi connectivity index (χ1n) is 8.12. The van der Waals surface area contributed by atoms with Crippen LogP contribution in [-0.4, -0.2) is 29.5 Å². The lowest BCUT2D eigenvalue weighted by Crippen LogP contribution is -2.21. The van der Waals surface area contributed by atoms with E-state index in [1.807, 2.05) is 0 Å². The standard InChI is InChI=1S/C19H19ClN2O5/c1-11(2)18(24)21-13-4-3-5-14(9-13)27-10-17(23)22-16-8-12(19(25)26)6-7-15(16)20/h3-9,11H,10H2,1-2H3,(H,21,24)(H,22,23)(H,25,26). The number of ether oxygens (including phenoxy) is 1. The van der Waals surface area contributed by atoms with Gasteiger partial charge in [-0.1, -0.05) is 31.5 Å². The number of benzene rings is 2. The first-order valence-corrected chi connectivity index (χ1v) is 8.50. The van der Waals surface area contributed by atoms with Crippen LogP contribution in [0.3, 0.4) is 0 Å². The van der Waals surface area contributed by atoms with Crippen molar-refractivity contribution in [2.24, 2.45) is 5.92 Å². The maximum Gasteiger partial charge on any atom is 0.335 e. The van der Waals surface area contributed by atoms with Gasteiger partial charge in [0.15, 0.2) is 6.61 Å². The molecule has 0 bridgehead atoms. The molecule has 0 unspecified atom stereocenters. The number of halogens is 1. The number of amides is 2. The third kappa shape index (κ3) is 6.00. The van der Waals surface area contributed by atoms with Gasteiger partial charge in [0, 0.05) is 17.7 Å². The minimum atomic E-state index is -1.13.